The van der Waals surface area contributed by atoms with Gasteiger partial charge in [0.15, 0.2) is 11.4 Å². The van der Waals surface area contributed by atoms with Crippen LogP contribution in [0.2, 0.25) is 0 Å². The van der Waals surface area contributed by atoms with Crippen molar-refractivity contribution < 1.29 is 23.4 Å². The third-order valence-corrected chi connectivity index (χ3v) is 1.81. The molecule has 7 heteroatoms. The van der Waals surface area contributed by atoms with Gasteiger partial charge in [-0.2, -0.15) is 5.26 Å². The molecular weight excluding hydrogens is 222 g/mol. The Kier molecular flexibility index (Phi) is 3.35. The number of ether oxygens (including phenoxy) is 1. The Bertz CT molecular complexity index is 469. The number of hydrogen-bond acceptors (Lipinski definition) is 5. The van der Waals surface area contributed by atoms with Crippen molar-refractivity contribution >= 4 is 5.97 Å². The molecule has 0 aliphatic heterocycles. The fraction of sp³-hybridized carbons (Fsp3) is 0.222. The first-order valence-electron chi connectivity index (χ1n) is 4.01. The highest BCUT2D eigenvalue weighted by Gasteiger charge is 2.25. The molecule has 0 saturated heterocycles. The first kappa shape index (κ1) is 11.8. The standard InChI is InChI=1S/C9H6F2N2O3/c1-16-9(15)6-7(14)5(8(10)11)4(2-12)3-13-6/h3,8,14H,1H3. The van der Waals surface area contributed by atoms with Gasteiger partial charge >= 0.3 is 5.97 Å². The van der Waals surface area contributed by atoms with Crippen molar-refractivity contribution in [2.75, 3.05) is 7.11 Å². The largest absolute Gasteiger partial charge is 0.505 e. The monoisotopic (exact) mass is 228 g/mol. The number of pyridine rings is 1. The minimum Gasteiger partial charge on any atom is -0.505 e. The Hall–Kier alpha value is -2.23. The molecule has 0 atom stereocenters. The van der Waals surface area contributed by atoms with E-state index < -0.39 is 35.0 Å². The van der Waals surface area contributed by atoms with Crippen molar-refractivity contribution in [3.8, 4) is 11.8 Å². The Morgan fingerprint density at radius 3 is 2.75 bits per heavy atom. The van der Waals surface area contributed by atoms with E-state index in [1.165, 1.54) is 6.07 Å². The number of carbonyl (C=O) groups is 1. The highest BCUT2D eigenvalue weighted by Crippen LogP contribution is 2.32. The van der Waals surface area contributed by atoms with Crippen LogP contribution in [0.3, 0.4) is 0 Å². The van der Waals surface area contributed by atoms with Crippen LogP contribution in [-0.4, -0.2) is 23.2 Å². The van der Waals surface area contributed by atoms with Gasteiger partial charge in [0, 0.05) is 6.20 Å². The van der Waals surface area contributed by atoms with Crippen LogP contribution < -0.4 is 0 Å². The molecule has 0 radical (unpaired) electrons. The maximum absolute atomic E-state index is 12.5. The summed E-state index contributed by atoms with van der Waals surface area (Å²) < 4.78 is 29.3. The van der Waals surface area contributed by atoms with Gasteiger partial charge in [-0.15, -0.1) is 0 Å². The summed E-state index contributed by atoms with van der Waals surface area (Å²) in [6, 6.07) is 1.45. The molecule has 0 amide bonds. The SMILES string of the molecule is COC(=O)c1ncc(C#N)c(C(F)F)c1O. The number of carbonyl (C=O) groups excluding carboxylic acids is 1. The molecule has 0 saturated carbocycles. The molecule has 1 aromatic rings. The van der Waals surface area contributed by atoms with Crippen LogP contribution >= 0.6 is 0 Å². The second kappa shape index (κ2) is 4.53. The lowest BCUT2D eigenvalue weighted by molar-refractivity contribution is 0.0589. The zero-order chi connectivity index (χ0) is 12.3. The lowest BCUT2D eigenvalue weighted by atomic mass is 10.1. The maximum Gasteiger partial charge on any atom is 0.360 e. The maximum atomic E-state index is 12.5. The summed E-state index contributed by atoms with van der Waals surface area (Å²) >= 11 is 0. The molecule has 0 spiro atoms. The van der Waals surface area contributed by atoms with E-state index >= 15 is 0 Å². The number of hydrogen-bond donors (Lipinski definition) is 1. The summed E-state index contributed by atoms with van der Waals surface area (Å²) in [5.74, 6) is -2.08. The number of esters is 1. The topological polar surface area (TPSA) is 83.2 Å². The van der Waals surface area contributed by atoms with E-state index in [2.05, 4.69) is 9.72 Å². The molecule has 16 heavy (non-hydrogen) atoms. The number of nitriles is 1. The van der Waals surface area contributed by atoms with Crippen molar-refractivity contribution in [3.05, 3.63) is 23.0 Å². The fourth-order valence-electron chi connectivity index (χ4n) is 1.07. The van der Waals surface area contributed by atoms with Crippen molar-refractivity contribution in [1.82, 2.24) is 4.98 Å². The molecular formula is C9H6F2N2O3. The molecule has 0 aliphatic carbocycles. The summed E-state index contributed by atoms with van der Waals surface area (Å²) in [7, 11) is 1.02. The van der Waals surface area contributed by atoms with Gasteiger partial charge in [-0.05, 0) is 0 Å². The highest BCUT2D eigenvalue weighted by atomic mass is 19.3. The smallest absolute Gasteiger partial charge is 0.360 e. The number of aromatic hydroxyl groups is 1. The summed E-state index contributed by atoms with van der Waals surface area (Å²) in [4.78, 5) is 14.4. The van der Waals surface area contributed by atoms with Gasteiger partial charge in [0.05, 0.1) is 18.2 Å². The normalized spacial score (nSPS) is 9.94. The lowest BCUT2D eigenvalue weighted by Gasteiger charge is -2.08. The van der Waals surface area contributed by atoms with Gasteiger partial charge in [-0.25, -0.2) is 18.6 Å². The quantitative estimate of drug-likeness (QED) is 0.773. The van der Waals surface area contributed by atoms with E-state index in [1.54, 1.807) is 0 Å². The predicted octanol–water partition coefficient (Wildman–Crippen LogP) is 1.38. The van der Waals surface area contributed by atoms with E-state index in [-0.39, 0.29) is 0 Å². The summed E-state index contributed by atoms with van der Waals surface area (Å²) in [5, 5.41) is 17.9. The molecule has 1 rings (SSSR count). The van der Waals surface area contributed by atoms with Crippen molar-refractivity contribution in [2.24, 2.45) is 0 Å². The molecule has 1 aromatic heterocycles. The summed E-state index contributed by atoms with van der Waals surface area (Å²) in [5.41, 5.74) is -2.05. The van der Waals surface area contributed by atoms with E-state index in [0.29, 0.717) is 0 Å². The molecule has 1 N–H and O–H groups in total. The molecule has 0 fully saturated rings. The Labute approximate surface area is 88.9 Å². The van der Waals surface area contributed by atoms with Gasteiger partial charge in [0.25, 0.3) is 6.43 Å². The number of nitrogens with zero attached hydrogens (tertiary/aromatic N) is 2. The Morgan fingerprint density at radius 1 is 1.69 bits per heavy atom. The average molecular weight is 228 g/mol. The predicted molar refractivity (Wildman–Crippen MR) is 46.9 cm³/mol. The van der Waals surface area contributed by atoms with Crippen LogP contribution in [0.25, 0.3) is 0 Å². The lowest BCUT2D eigenvalue weighted by Crippen LogP contribution is -2.07. The van der Waals surface area contributed by atoms with Crippen LogP contribution in [-0.2, 0) is 4.74 Å². The second-order valence-electron chi connectivity index (χ2n) is 2.69. The van der Waals surface area contributed by atoms with Crippen LogP contribution in [0, 0.1) is 11.3 Å². The number of aromatic nitrogens is 1. The van der Waals surface area contributed by atoms with Crippen LogP contribution in [0.5, 0.6) is 5.75 Å². The average Bonchev–Trinajstić information content (AvgIpc) is 2.26. The second-order valence-corrected chi connectivity index (χ2v) is 2.69. The number of rotatable bonds is 2. The first-order valence-corrected chi connectivity index (χ1v) is 4.01. The van der Waals surface area contributed by atoms with E-state index in [1.807, 2.05) is 0 Å². The third kappa shape index (κ3) is 1.91. The van der Waals surface area contributed by atoms with Crippen LogP contribution in [0.4, 0.5) is 8.78 Å². The Balaban J connectivity index is 3.45. The minimum atomic E-state index is -3.08. The Morgan fingerprint density at radius 2 is 2.31 bits per heavy atom. The summed E-state index contributed by atoms with van der Waals surface area (Å²) in [6.07, 6.45) is -2.30. The van der Waals surface area contributed by atoms with Crippen molar-refractivity contribution in [1.29, 1.82) is 5.26 Å². The number of methoxy groups -OCH3 is 1. The zero-order valence-electron chi connectivity index (χ0n) is 8.07. The van der Waals surface area contributed by atoms with Crippen molar-refractivity contribution in [3.63, 3.8) is 0 Å². The molecule has 84 valence electrons. The van der Waals surface area contributed by atoms with Crippen LogP contribution in [0.15, 0.2) is 6.20 Å². The van der Waals surface area contributed by atoms with E-state index in [9.17, 15) is 18.7 Å². The molecule has 0 aliphatic rings. The fourth-order valence-corrected chi connectivity index (χ4v) is 1.07. The molecule has 0 aromatic carbocycles. The molecule has 1 heterocycles. The molecule has 0 unspecified atom stereocenters. The van der Waals surface area contributed by atoms with Gasteiger partial charge in [0.1, 0.15) is 6.07 Å². The highest BCUT2D eigenvalue weighted by molar-refractivity contribution is 5.90. The minimum absolute atomic E-state index is 0.486. The van der Waals surface area contributed by atoms with Crippen LogP contribution in [0.1, 0.15) is 28.0 Å². The zero-order valence-corrected chi connectivity index (χ0v) is 8.07. The number of halogens is 2. The van der Waals surface area contributed by atoms with Crippen molar-refractivity contribution in [2.45, 2.75) is 6.43 Å². The van der Waals surface area contributed by atoms with Gasteiger partial charge in [0.2, 0.25) is 0 Å². The van der Waals surface area contributed by atoms with Gasteiger partial charge < -0.3 is 9.84 Å². The summed E-state index contributed by atoms with van der Waals surface area (Å²) in [6.45, 7) is 0. The van der Waals surface area contributed by atoms with E-state index in [4.69, 9.17) is 5.26 Å². The first-order chi connectivity index (χ1) is 7.52. The van der Waals surface area contributed by atoms with Gasteiger partial charge in [-0.3, -0.25) is 0 Å². The molecule has 5 nitrogen and oxygen atoms in total. The third-order valence-electron chi connectivity index (χ3n) is 1.81. The van der Waals surface area contributed by atoms with E-state index in [0.717, 1.165) is 13.3 Å². The molecule has 0 bridgehead atoms. The number of alkyl halides is 2. The van der Waals surface area contributed by atoms with Gasteiger partial charge in [-0.1, -0.05) is 0 Å².